The van der Waals surface area contributed by atoms with Gasteiger partial charge in [0.15, 0.2) is 5.65 Å². The summed E-state index contributed by atoms with van der Waals surface area (Å²) in [5.74, 6) is -3.34. The van der Waals surface area contributed by atoms with E-state index in [9.17, 15) is 18.0 Å². The number of halogens is 3. The fraction of sp³-hybridized carbons (Fsp3) is 0.333. The highest BCUT2D eigenvalue weighted by Gasteiger charge is 2.30. The van der Waals surface area contributed by atoms with Crippen molar-refractivity contribution in [2.24, 2.45) is 0 Å². The van der Waals surface area contributed by atoms with Gasteiger partial charge in [-0.25, -0.2) is 23.1 Å². The first-order chi connectivity index (χ1) is 17.4. The van der Waals surface area contributed by atoms with Crippen LogP contribution in [0.1, 0.15) is 59.5 Å². The number of aryl methyl sites for hydroxylation is 2. The third kappa shape index (κ3) is 3.87. The molecule has 0 saturated carbocycles. The Bertz CT molecular complexity index is 1550. The van der Waals surface area contributed by atoms with Crippen LogP contribution in [0.15, 0.2) is 41.5 Å². The van der Waals surface area contributed by atoms with Crippen LogP contribution < -0.4 is 5.56 Å². The van der Waals surface area contributed by atoms with Gasteiger partial charge < -0.3 is 4.74 Å². The molecule has 6 rings (SSSR count). The van der Waals surface area contributed by atoms with Crippen molar-refractivity contribution in [2.75, 3.05) is 6.61 Å². The van der Waals surface area contributed by atoms with Crippen molar-refractivity contribution >= 4 is 5.65 Å². The van der Waals surface area contributed by atoms with Crippen molar-refractivity contribution < 1.29 is 17.9 Å². The van der Waals surface area contributed by atoms with Gasteiger partial charge in [-0.3, -0.25) is 14.2 Å². The summed E-state index contributed by atoms with van der Waals surface area (Å²) < 4.78 is 50.9. The predicted octanol–water partition coefficient (Wildman–Crippen LogP) is 5.00. The molecule has 0 N–H and O–H groups in total. The van der Waals surface area contributed by atoms with Gasteiger partial charge in [-0.15, -0.1) is 0 Å². The third-order valence-corrected chi connectivity index (χ3v) is 7.09. The first kappa shape index (κ1) is 22.8. The summed E-state index contributed by atoms with van der Waals surface area (Å²) in [7, 11) is 0. The first-order valence-electron chi connectivity index (χ1n) is 12.0. The molecule has 0 bridgehead atoms. The monoisotopic (exact) mass is 492 g/mol. The molecular weight excluding hydrogens is 469 g/mol. The quantitative estimate of drug-likeness (QED) is 0.403. The maximum absolute atomic E-state index is 14.9. The molecule has 1 aromatic carbocycles. The average molecular weight is 493 g/mol. The zero-order valence-corrected chi connectivity index (χ0v) is 19.6. The highest BCUT2D eigenvalue weighted by molar-refractivity contribution is 5.75. The molecule has 1 fully saturated rings. The third-order valence-electron chi connectivity index (χ3n) is 7.09. The Morgan fingerprint density at radius 1 is 1.08 bits per heavy atom. The van der Waals surface area contributed by atoms with Gasteiger partial charge in [0.05, 0.1) is 23.1 Å². The SMILES string of the molecule is Cc1cc([C@H]2C[C@@H](c3cn4c(=O)c5c(nc4c(-c4c(F)cc(F)cc4F)n3)CCC5)CCO2)ccn1. The van der Waals surface area contributed by atoms with Crippen LogP contribution in [-0.4, -0.2) is 26.0 Å². The van der Waals surface area contributed by atoms with Crippen molar-refractivity contribution in [3.8, 4) is 11.3 Å². The van der Waals surface area contributed by atoms with E-state index in [4.69, 9.17) is 4.74 Å². The molecule has 4 heterocycles. The summed E-state index contributed by atoms with van der Waals surface area (Å²) >= 11 is 0. The summed E-state index contributed by atoms with van der Waals surface area (Å²) in [6.45, 7) is 2.37. The minimum atomic E-state index is -1.09. The van der Waals surface area contributed by atoms with Crippen LogP contribution in [0.2, 0.25) is 0 Å². The van der Waals surface area contributed by atoms with E-state index < -0.39 is 23.0 Å². The summed E-state index contributed by atoms with van der Waals surface area (Å²) in [6, 6.07) is 5.10. The van der Waals surface area contributed by atoms with Crippen LogP contribution >= 0.6 is 0 Å². The van der Waals surface area contributed by atoms with E-state index in [0.29, 0.717) is 61.4 Å². The number of pyridine rings is 1. The summed E-state index contributed by atoms with van der Waals surface area (Å²) in [5, 5.41) is 0. The lowest BCUT2D eigenvalue weighted by Gasteiger charge is -2.30. The Morgan fingerprint density at radius 2 is 1.89 bits per heavy atom. The number of fused-ring (bicyclic) bond motifs is 2. The Morgan fingerprint density at radius 3 is 2.67 bits per heavy atom. The minimum Gasteiger partial charge on any atom is -0.373 e. The van der Waals surface area contributed by atoms with Gasteiger partial charge in [-0.05, 0) is 56.7 Å². The molecule has 1 aliphatic heterocycles. The average Bonchev–Trinajstić information content (AvgIpc) is 3.33. The molecule has 0 spiro atoms. The fourth-order valence-electron chi connectivity index (χ4n) is 5.33. The Balaban J connectivity index is 1.53. The summed E-state index contributed by atoms with van der Waals surface area (Å²) in [4.78, 5) is 26.9. The minimum absolute atomic E-state index is 0.0715. The maximum Gasteiger partial charge on any atom is 0.261 e. The number of nitrogens with zero attached hydrogens (tertiary/aromatic N) is 4. The lowest BCUT2D eigenvalue weighted by molar-refractivity contribution is 0.00451. The molecule has 0 radical (unpaired) electrons. The van der Waals surface area contributed by atoms with Gasteiger partial charge in [0.2, 0.25) is 0 Å². The van der Waals surface area contributed by atoms with Crippen molar-refractivity contribution in [1.29, 1.82) is 0 Å². The molecule has 2 atom stereocenters. The maximum atomic E-state index is 14.9. The van der Waals surface area contributed by atoms with E-state index in [-0.39, 0.29) is 28.9 Å². The lowest BCUT2D eigenvalue weighted by Crippen LogP contribution is -2.24. The summed E-state index contributed by atoms with van der Waals surface area (Å²) in [6.07, 6.45) is 6.37. The highest BCUT2D eigenvalue weighted by Crippen LogP contribution is 2.38. The molecule has 3 aromatic heterocycles. The van der Waals surface area contributed by atoms with Gasteiger partial charge in [0.1, 0.15) is 23.1 Å². The van der Waals surface area contributed by atoms with Crippen LogP contribution in [0, 0.1) is 24.4 Å². The Labute approximate surface area is 204 Å². The number of hydrogen-bond donors (Lipinski definition) is 0. The van der Waals surface area contributed by atoms with Gasteiger partial charge in [0, 0.05) is 48.3 Å². The predicted molar refractivity (Wildman–Crippen MR) is 126 cm³/mol. The molecule has 1 aliphatic carbocycles. The topological polar surface area (TPSA) is 69.4 Å². The second-order valence-corrected chi connectivity index (χ2v) is 9.46. The van der Waals surface area contributed by atoms with E-state index >= 15 is 0 Å². The van der Waals surface area contributed by atoms with Crippen LogP contribution in [0.5, 0.6) is 0 Å². The zero-order chi connectivity index (χ0) is 25.0. The second-order valence-electron chi connectivity index (χ2n) is 9.46. The Kier molecular flexibility index (Phi) is 5.59. The van der Waals surface area contributed by atoms with Crippen LogP contribution in [0.3, 0.4) is 0 Å². The van der Waals surface area contributed by atoms with E-state index in [1.165, 1.54) is 4.40 Å². The fourth-order valence-corrected chi connectivity index (χ4v) is 5.33. The van der Waals surface area contributed by atoms with Gasteiger partial charge in [-0.1, -0.05) is 0 Å². The number of rotatable bonds is 3. The molecule has 9 heteroatoms. The molecule has 0 amide bonds. The second kappa shape index (κ2) is 8.81. The molecule has 0 unspecified atom stereocenters. The van der Waals surface area contributed by atoms with Crippen molar-refractivity contribution in [1.82, 2.24) is 19.4 Å². The molecule has 2 aliphatic rings. The lowest BCUT2D eigenvalue weighted by atomic mass is 9.89. The molecular formula is C27H23F3N4O2. The van der Waals surface area contributed by atoms with E-state index in [2.05, 4.69) is 15.0 Å². The molecule has 36 heavy (non-hydrogen) atoms. The van der Waals surface area contributed by atoms with Gasteiger partial charge in [0.25, 0.3) is 5.56 Å². The number of aromatic nitrogens is 4. The molecule has 4 aromatic rings. The van der Waals surface area contributed by atoms with Crippen LogP contribution in [0.4, 0.5) is 13.2 Å². The van der Waals surface area contributed by atoms with Crippen molar-refractivity contribution in [3.05, 3.63) is 92.7 Å². The Hall–Kier alpha value is -3.59. The molecule has 6 nitrogen and oxygen atoms in total. The van der Waals surface area contributed by atoms with Gasteiger partial charge >= 0.3 is 0 Å². The highest BCUT2D eigenvalue weighted by atomic mass is 19.1. The van der Waals surface area contributed by atoms with Crippen LogP contribution in [-0.2, 0) is 17.6 Å². The van der Waals surface area contributed by atoms with E-state index in [1.54, 1.807) is 12.4 Å². The normalized spacial score (nSPS) is 19.6. The van der Waals surface area contributed by atoms with Crippen LogP contribution in [0.25, 0.3) is 16.9 Å². The van der Waals surface area contributed by atoms with Gasteiger partial charge in [-0.2, -0.15) is 0 Å². The van der Waals surface area contributed by atoms with Crippen molar-refractivity contribution in [2.45, 2.75) is 51.0 Å². The molecule has 1 saturated heterocycles. The standard InChI is InChI=1S/C27H23F3N4O2/c1-14-9-16(5-7-31-14)23-10-15(6-8-36-23)22-13-34-26(33-21-4-2-3-18(21)27(34)35)25(32-22)24-19(29)11-17(28)12-20(24)30/h5,7,9,11-13,15,23H,2-4,6,8,10H2,1H3/t15-,23+/m0/s1. The van der Waals surface area contributed by atoms with E-state index in [0.717, 1.165) is 17.7 Å². The van der Waals surface area contributed by atoms with E-state index in [1.807, 2.05) is 19.1 Å². The zero-order valence-electron chi connectivity index (χ0n) is 19.6. The largest absolute Gasteiger partial charge is 0.373 e. The summed E-state index contributed by atoms with van der Waals surface area (Å²) in [5.41, 5.74) is 2.84. The number of ether oxygens (including phenoxy) is 1. The number of hydrogen-bond acceptors (Lipinski definition) is 5. The van der Waals surface area contributed by atoms with Crippen molar-refractivity contribution in [3.63, 3.8) is 0 Å². The molecule has 184 valence electrons. The smallest absolute Gasteiger partial charge is 0.261 e. The first-order valence-corrected chi connectivity index (χ1v) is 12.0. The number of benzene rings is 1.